The summed E-state index contributed by atoms with van der Waals surface area (Å²) >= 11 is 1.55. The number of hydrogen-bond donors (Lipinski definition) is 1. The molecule has 0 aliphatic carbocycles. The van der Waals surface area contributed by atoms with Crippen molar-refractivity contribution in [1.29, 1.82) is 0 Å². The van der Waals surface area contributed by atoms with Crippen molar-refractivity contribution in [3.8, 4) is 0 Å². The summed E-state index contributed by atoms with van der Waals surface area (Å²) in [5, 5.41) is 0. The molecule has 2 N–H and O–H groups in total. The molecule has 0 bridgehead atoms. The molecule has 4 heteroatoms. The van der Waals surface area contributed by atoms with Gasteiger partial charge in [-0.1, -0.05) is 13.8 Å². The average Bonchev–Trinajstić information content (AvgIpc) is 1.98. The van der Waals surface area contributed by atoms with E-state index in [4.69, 9.17) is 10.5 Å². The second kappa shape index (κ2) is 7.17. The van der Waals surface area contributed by atoms with E-state index < -0.39 is 5.60 Å². The number of hydrogen-bond acceptors (Lipinski definition) is 4. The standard InChI is InChI=1S/C12H25NO2S/c1-9(2)6-10(13)7-16-8-11(14)15-12(3,4)5/h9-10H,6-8,13H2,1-5H3. The van der Waals surface area contributed by atoms with E-state index in [-0.39, 0.29) is 12.0 Å². The average molecular weight is 247 g/mol. The van der Waals surface area contributed by atoms with Gasteiger partial charge < -0.3 is 10.5 Å². The third-order valence-corrected chi connectivity index (χ3v) is 2.85. The summed E-state index contributed by atoms with van der Waals surface area (Å²) in [6.07, 6.45) is 1.00. The van der Waals surface area contributed by atoms with Gasteiger partial charge in [0.1, 0.15) is 5.60 Å². The molecule has 0 amide bonds. The van der Waals surface area contributed by atoms with Crippen LogP contribution in [0.25, 0.3) is 0 Å². The molecule has 0 aliphatic heterocycles. The highest BCUT2D eigenvalue weighted by atomic mass is 32.2. The Labute approximate surface area is 103 Å². The summed E-state index contributed by atoms with van der Waals surface area (Å²) in [6.45, 7) is 9.93. The highest BCUT2D eigenvalue weighted by Crippen LogP contribution is 2.12. The zero-order chi connectivity index (χ0) is 12.8. The largest absolute Gasteiger partial charge is 0.459 e. The van der Waals surface area contributed by atoms with E-state index in [1.165, 1.54) is 0 Å². The third-order valence-electron chi connectivity index (χ3n) is 1.75. The van der Waals surface area contributed by atoms with E-state index in [9.17, 15) is 4.79 Å². The fraction of sp³-hybridized carbons (Fsp3) is 0.917. The summed E-state index contributed by atoms with van der Waals surface area (Å²) < 4.78 is 5.20. The molecule has 0 spiro atoms. The monoisotopic (exact) mass is 247 g/mol. The van der Waals surface area contributed by atoms with Crippen molar-refractivity contribution in [3.63, 3.8) is 0 Å². The maximum absolute atomic E-state index is 11.4. The first-order valence-corrected chi connectivity index (χ1v) is 6.91. The fourth-order valence-electron chi connectivity index (χ4n) is 1.34. The van der Waals surface area contributed by atoms with Crippen molar-refractivity contribution in [1.82, 2.24) is 0 Å². The Balaban J connectivity index is 3.62. The number of rotatable bonds is 6. The minimum Gasteiger partial charge on any atom is -0.459 e. The number of esters is 1. The SMILES string of the molecule is CC(C)CC(N)CSCC(=O)OC(C)(C)C. The Morgan fingerprint density at radius 1 is 1.38 bits per heavy atom. The third kappa shape index (κ3) is 10.3. The Morgan fingerprint density at radius 3 is 2.38 bits per heavy atom. The van der Waals surface area contributed by atoms with Crippen LogP contribution in [0.4, 0.5) is 0 Å². The highest BCUT2D eigenvalue weighted by Gasteiger charge is 2.16. The molecule has 1 unspecified atom stereocenters. The molecule has 3 nitrogen and oxygen atoms in total. The lowest BCUT2D eigenvalue weighted by atomic mass is 10.1. The van der Waals surface area contributed by atoms with Gasteiger partial charge >= 0.3 is 5.97 Å². The molecule has 0 aromatic rings. The van der Waals surface area contributed by atoms with Crippen molar-refractivity contribution < 1.29 is 9.53 Å². The number of carbonyl (C=O) groups excluding carboxylic acids is 1. The van der Waals surface area contributed by atoms with Gasteiger partial charge in [0.05, 0.1) is 5.75 Å². The van der Waals surface area contributed by atoms with E-state index >= 15 is 0 Å². The quantitative estimate of drug-likeness (QED) is 0.732. The topological polar surface area (TPSA) is 52.3 Å². The van der Waals surface area contributed by atoms with Crippen LogP contribution in [0.2, 0.25) is 0 Å². The van der Waals surface area contributed by atoms with Crippen molar-refractivity contribution >= 4 is 17.7 Å². The minimum absolute atomic E-state index is 0.158. The van der Waals surface area contributed by atoms with Crippen LogP contribution in [0.15, 0.2) is 0 Å². The number of ether oxygens (including phenoxy) is 1. The molecule has 1 atom stereocenters. The first-order chi connectivity index (χ1) is 7.20. The van der Waals surface area contributed by atoms with Crippen molar-refractivity contribution in [2.24, 2.45) is 11.7 Å². The van der Waals surface area contributed by atoms with Crippen LogP contribution in [0.5, 0.6) is 0 Å². The molecule has 0 aliphatic rings. The second-order valence-electron chi connectivity index (χ2n) is 5.49. The van der Waals surface area contributed by atoms with Crippen LogP contribution in [0.3, 0.4) is 0 Å². The molecule has 16 heavy (non-hydrogen) atoms. The Morgan fingerprint density at radius 2 is 1.94 bits per heavy atom. The second-order valence-corrected chi connectivity index (χ2v) is 6.52. The first kappa shape index (κ1) is 15.8. The molecule has 0 heterocycles. The summed E-state index contributed by atoms with van der Waals surface area (Å²) in [6, 6.07) is 0.174. The van der Waals surface area contributed by atoms with E-state index in [0.717, 1.165) is 12.2 Å². The van der Waals surface area contributed by atoms with E-state index in [1.807, 2.05) is 20.8 Å². The van der Waals surface area contributed by atoms with Crippen LogP contribution < -0.4 is 5.73 Å². The maximum Gasteiger partial charge on any atom is 0.316 e. The highest BCUT2D eigenvalue weighted by molar-refractivity contribution is 7.99. The number of carbonyl (C=O) groups is 1. The van der Waals surface area contributed by atoms with Crippen molar-refractivity contribution in [2.75, 3.05) is 11.5 Å². The van der Waals surface area contributed by atoms with Crippen LogP contribution in [-0.2, 0) is 9.53 Å². The van der Waals surface area contributed by atoms with Gasteiger partial charge in [-0.25, -0.2) is 0 Å². The van der Waals surface area contributed by atoms with Gasteiger partial charge in [-0.15, -0.1) is 11.8 Å². The lowest BCUT2D eigenvalue weighted by Crippen LogP contribution is -2.27. The molecule has 0 aromatic heterocycles. The lowest BCUT2D eigenvalue weighted by Gasteiger charge is -2.19. The first-order valence-electron chi connectivity index (χ1n) is 5.76. The van der Waals surface area contributed by atoms with Gasteiger partial charge in [-0.3, -0.25) is 4.79 Å². The van der Waals surface area contributed by atoms with Gasteiger partial charge in [0.15, 0.2) is 0 Å². The van der Waals surface area contributed by atoms with Gasteiger partial charge in [0, 0.05) is 11.8 Å². The Kier molecular flexibility index (Phi) is 7.07. The van der Waals surface area contributed by atoms with Gasteiger partial charge in [0.2, 0.25) is 0 Å². The van der Waals surface area contributed by atoms with Crippen LogP contribution in [-0.4, -0.2) is 29.1 Å². The van der Waals surface area contributed by atoms with Gasteiger partial charge in [-0.05, 0) is 33.1 Å². The van der Waals surface area contributed by atoms with Gasteiger partial charge in [-0.2, -0.15) is 0 Å². The molecular formula is C12H25NO2S. The normalized spacial score (nSPS) is 13.9. The van der Waals surface area contributed by atoms with Crippen LogP contribution >= 0.6 is 11.8 Å². The summed E-state index contributed by atoms with van der Waals surface area (Å²) in [4.78, 5) is 11.4. The van der Waals surface area contributed by atoms with Crippen LogP contribution in [0.1, 0.15) is 41.0 Å². The fourth-order valence-corrected chi connectivity index (χ4v) is 2.12. The predicted octanol–water partition coefficient (Wildman–Crippen LogP) is 2.43. The Bertz CT molecular complexity index is 212. The molecule has 96 valence electrons. The summed E-state index contributed by atoms with van der Waals surface area (Å²) in [5.41, 5.74) is 5.52. The Hall–Kier alpha value is -0.220. The van der Waals surface area contributed by atoms with Crippen molar-refractivity contribution in [3.05, 3.63) is 0 Å². The molecule has 0 fully saturated rings. The molecule has 0 radical (unpaired) electrons. The molecule has 0 saturated carbocycles. The minimum atomic E-state index is -0.391. The number of nitrogens with two attached hydrogens (primary N) is 1. The maximum atomic E-state index is 11.4. The zero-order valence-corrected chi connectivity index (χ0v) is 11.9. The lowest BCUT2D eigenvalue weighted by molar-refractivity contribution is -0.151. The van der Waals surface area contributed by atoms with Gasteiger partial charge in [0.25, 0.3) is 0 Å². The molecule has 0 rings (SSSR count). The zero-order valence-electron chi connectivity index (χ0n) is 11.1. The molecule has 0 saturated heterocycles. The summed E-state index contributed by atoms with van der Waals surface area (Å²) in [7, 11) is 0. The smallest absolute Gasteiger partial charge is 0.316 e. The van der Waals surface area contributed by atoms with E-state index in [1.54, 1.807) is 11.8 Å². The van der Waals surface area contributed by atoms with E-state index in [2.05, 4.69) is 13.8 Å². The predicted molar refractivity (Wildman–Crippen MR) is 70.6 cm³/mol. The van der Waals surface area contributed by atoms with Crippen LogP contribution in [0, 0.1) is 5.92 Å². The van der Waals surface area contributed by atoms with Crippen molar-refractivity contribution in [2.45, 2.75) is 52.7 Å². The van der Waals surface area contributed by atoms with E-state index in [0.29, 0.717) is 11.7 Å². The number of thioether (sulfide) groups is 1. The molecule has 0 aromatic carbocycles. The molecular weight excluding hydrogens is 222 g/mol. The summed E-state index contributed by atoms with van der Waals surface area (Å²) in [5.74, 6) is 1.66.